The Kier molecular flexibility index (Phi) is 17.9. The molecule has 0 bridgehead atoms. The van der Waals surface area contributed by atoms with E-state index < -0.39 is 0 Å². The molecule has 2 fully saturated rings. The smallest absolute Gasteiger partial charge is 0.346 e. The Morgan fingerprint density at radius 2 is 1.22 bits per heavy atom. The summed E-state index contributed by atoms with van der Waals surface area (Å²) in [7, 11) is 4.02. The van der Waals surface area contributed by atoms with Crippen molar-refractivity contribution in [3.05, 3.63) is 134 Å². The standard InChI is InChI=1S/C13H14N4O2.C9H8N2.C7H10N2.C5H8ClNO2.C5H5N/c18-13(16-6-8-19-9-7-16)17-10-12(14-15-17)11-4-2-1-3-5-11;1-2-4-8(5-3-1)9-6-7-10-11-9;1-9(2)7-3-5-8-6-4-7;6-5(8)7-1-3-9-4-2-7;1-2-4-6-5-3-1/h1-5,10H,6-9H2;1-6H,7H2;3-6H,1-2H3;1-4H2;1-5H. The molecule has 5 aromatic rings. The van der Waals surface area contributed by atoms with Crippen molar-refractivity contribution in [3.8, 4) is 11.3 Å². The van der Waals surface area contributed by atoms with Gasteiger partial charge in [-0.25, -0.2) is 4.79 Å². The zero-order chi connectivity index (χ0) is 38.2. The van der Waals surface area contributed by atoms with Crippen molar-refractivity contribution in [3.63, 3.8) is 0 Å². The number of azo groups is 1. The number of rotatable bonds is 3. The molecule has 8 rings (SSSR count). The van der Waals surface area contributed by atoms with Crippen molar-refractivity contribution in [1.29, 1.82) is 0 Å². The molecule has 3 aliphatic heterocycles. The van der Waals surface area contributed by atoms with Crippen molar-refractivity contribution in [1.82, 2.24) is 34.8 Å². The molecule has 0 aliphatic carbocycles. The quantitative estimate of drug-likeness (QED) is 0.146. The summed E-state index contributed by atoms with van der Waals surface area (Å²) in [5, 5.41) is 15.4. The van der Waals surface area contributed by atoms with Crippen LogP contribution in [0.1, 0.15) is 5.56 Å². The second-order valence-corrected chi connectivity index (χ2v) is 12.0. The Morgan fingerprint density at radius 3 is 1.67 bits per heavy atom. The average Bonchev–Trinajstić information content (AvgIpc) is 3.98. The van der Waals surface area contributed by atoms with Crippen LogP contribution in [-0.4, -0.2) is 119 Å². The number of halogens is 1. The first-order valence-corrected chi connectivity index (χ1v) is 17.7. The summed E-state index contributed by atoms with van der Waals surface area (Å²) in [6, 6.07) is 29.3. The molecule has 2 amide bonds. The zero-order valence-electron chi connectivity index (χ0n) is 30.5. The highest BCUT2D eigenvalue weighted by atomic mass is 35.5. The zero-order valence-corrected chi connectivity index (χ0v) is 31.2. The minimum Gasteiger partial charge on any atom is -0.378 e. The number of hydrogen-bond donors (Lipinski definition) is 0. The van der Waals surface area contributed by atoms with Gasteiger partial charge in [-0.2, -0.15) is 14.9 Å². The maximum atomic E-state index is 12.2. The first-order chi connectivity index (χ1) is 26.4. The number of ether oxygens (including phenoxy) is 2. The van der Waals surface area contributed by atoms with Crippen LogP contribution in [0.5, 0.6) is 0 Å². The number of carbonyl (C=O) groups excluding carboxylic acids is 2. The second kappa shape index (κ2) is 23.7. The van der Waals surface area contributed by atoms with E-state index in [4.69, 9.17) is 21.1 Å². The lowest BCUT2D eigenvalue weighted by molar-refractivity contribution is 0.0527. The van der Waals surface area contributed by atoms with Crippen LogP contribution in [0.25, 0.3) is 17.0 Å². The molecule has 14 nitrogen and oxygen atoms in total. The topological polar surface area (TPSA) is 144 Å². The van der Waals surface area contributed by atoms with E-state index in [-0.39, 0.29) is 11.4 Å². The van der Waals surface area contributed by atoms with Gasteiger partial charge in [0.05, 0.1) is 44.9 Å². The monoisotopic (exact) mass is 752 g/mol. The minimum absolute atomic E-state index is 0.155. The van der Waals surface area contributed by atoms with E-state index >= 15 is 0 Å². The lowest BCUT2D eigenvalue weighted by atomic mass is 10.2. The highest BCUT2D eigenvalue weighted by Gasteiger charge is 2.20. The van der Waals surface area contributed by atoms with E-state index in [0.717, 1.165) is 23.4 Å². The van der Waals surface area contributed by atoms with Crippen molar-refractivity contribution < 1.29 is 19.1 Å². The summed E-state index contributed by atoms with van der Waals surface area (Å²) in [4.78, 5) is 35.6. The minimum atomic E-state index is -0.377. The molecule has 0 unspecified atom stereocenters. The van der Waals surface area contributed by atoms with Crippen LogP contribution >= 0.6 is 11.6 Å². The summed E-state index contributed by atoms with van der Waals surface area (Å²) in [6.07, 6.45) is 10.8. The number of morpholine rings is 2. The van der Waals surface area contributed by atoms with Gasteiger partial charge in [0, 0.05) is 81.9 Å². The fourth-order valence-corrected chi connectivity index (χ4v) is 4.93. The predicted octanol–water partition coefficient (Wildman–Crippen LogP) is 6.65. The van der Waals surface area contributed by atoms with E-state index in [1.54, 1.807) is 40.8 Å². The molecule has 3 aromatic heterocycles. The van der Waals surface area contributed by atoms with E-state index in [9.17, 15) is 9.59 Å². The van der Waals surface area contributed by atoms with Gasteiger partial charge in [0.2, 0.25) is 0 Å². The number of pyridine rings is 2. The first kappa shape index (κ1) is 40.9. The van der Waals surface area contributed by atoms with Gasteiger partial charge in [-0.3, -0.25) is 14.8 Å². The molecule has 15 heteroatoms. The molecule has 2 saturated heterocycles. The molecule has 0 saturated carbocycles. The number of amides is 2. The van der Waals surface area contributed by atoms with Gasteiger partial charge in [-0.1, -0.05) is 71.9 Å². The van der Waals surface area contributed by atoms with Crippen molar-refractivity contribution in [2.45, 2.75) is 0 Å². The third-order valence-electron chi connectivity index (χ3n) is 7.66. The van der Waals surface area contributed by atoms with Gasteiger partial charge in [-0.15, -0.1) is 5.10 Å². The molecule has 0 radical (unpaired) electrons. The van der Waals surface area contributed by atoms with Crippen molar-refractivity contribution >= 4 is 34.4 Å². The van der Waals surface area contributed by atoms with Gasteiger partial charge >= 0.3 is 11.4 Å². The van der Waals surface area contributed by atoms with Gasteiger partial charge in [0.15, 0.2) is 0 Å². The summed E-state index contributed by atoms with van der Waals surface area (Å²) < 4.78 is 11.5. The Bertz CT molecular complexity index is 1810. The summed E-state index contributed by atoms with van der Waals surface area (Å²) in [6.45, 7) is 5.54. The third-order valence-corrected chi connectivity index (χ3v) is 7.90. The van der Waals surface area contributed by atoms with Crippen molar-refractivity contribution in [2.24, 2.45) is 10.2 Å². The number of carbonyl (C=O) groups is 2. The van der Waals surface area contributed by atoms with E-state index in [1.807, 2.05) is 116 Å². The molecule has 0 spiro atoms. The summed E-state index contributed by atoms with van der Waals surface area (Å²) in [5.41, 5.74) is 4.97. The average molecular weight is 753 g/mol. The number of benzene rings is 2. The molecule has 3 aliphatic rings. The first-order valence-electron chi connectivity index (χ1n) is 17.3. The fraction of sp³-hybridized carbons (Fsp3) is 0.282. The summed E-state index contributed by atoms with van der Waals surface area (Å²) in [5.74, 6) is 0. The predicted molar refractivity (Wildman–Crippen MR) is 209 cm³/mol. The lowest BCUT2D eigenvalue weighted by Crippen LogP contribution is -2.43. The van der Waals surface area contributed by atoms with Crippen LogP contribution in [0.15, 0.2) is 138 Å². The largest absolute Gasteiger partial charge is 0.378 e. The third kappa shape index (κ3) is 14.7. The Morgan fingerprint density at radius 1 is 0.685 bits per heavy atom. The normalized spacial score (nSPS) is 14.2. The van der Waals surface area contributed by atoms with E-state index in [2.05, 4.69) is 30.5 Å². The molecule has 282 valence electrons. The molecule has 0 atom stereocenters. The molecule has 2 aromatic carbocycles. The van der Waals surface area contributed by atoms with Crippen molar-refractivity contribution in [2.75, 3.05) is 78.1 Å². The highest BCUT2D eigenvalue weighted by molar-refractivity contribution is 6.62. The van der Waals surface area contributed by atoms with Crippen LogP contribution in [0, 0.1) is 0 Å². The van der Waals surface area contributed by atoms with Crippen LogP contribution in [0.3, 0.4) is 0 Å². The molecule has 54 heavy (non-hydrogen) atoms. The number of hydrogen-bond acceptors (Lipinski definition) is 11. The Hall–Kier alpha value is -5.83. The molecule has 0 N–H and O–H groups in total. The fourth-order valence-electron chi connectivity index (χ4n) is 4.76. The van der Waals surface area contributed by atoms with Crippen LogP contribution < -0.4 is 4.90 Å². The second-order valence-electron chi connectivity index (χ2n) is 11.7. The number of aromatic nitrogens is 5. The highest BCUT2D eigenvalue weighted by Crippen LogP contribution is 2.19. The Balaban J connectivity index is 0.000000160. The van der Waals surface area contributed by atoms with Crippen LogP contribution in [0.4, 0.5) is 15.3 Å². The van der Waals surface area contributed by atoms with E-state index in [0.29, 0.717) is 58.3 Å². The van der Waals surface area contributed by atoms with Gasteiger partial charge in [-0.05, 0) is 41.9 Å². The molecule has 6 heterocycles. The van der Waals surface area contributed by atoms with Crippen LogP contribution in [0.2, 0.25) is 0 Å². The molecular weight excluding hydrogens is 708 g/mol. The number of nitrogens with zero attached hydrogens (tertiary/aromatic N) is 10. The lowest BCUT2D eigenvalue weighted by Gasteiger charge is -2.25. The Labute approximate surface area is 320 Å². The summed E-state index contributed by atoms with van der Waals surface area (Å²) >= 11 is 5.19. The number of anilines is 1. The maximum Gasteiger partial charge on any atom is 0.346 e. The SMILES string of the molecule is C1=C(c2ccccc2)N=NC1.CN(C)c1ccncc1.O=C(Cl)N1CCOCC1.O=C(N1CCOCC1)n1cc(-c2ccccc2)nn1.c1ccncc1. The van der Waals surface area contributed by atoms with Gasteiger partial charge in [0.1, 0.15) is 5.69 Å². The van der Waals surface area contributed by atoms with Gasteiger partial charge in [0.25, 0.3) is 0 Å². The van der Waals surface area contributed by atoms with Gasteiger partial charge < -0.3 is 24.2 Å². The van der Waals surface area contributed by atoms with E-state index in [1.165, 1.54) is 10.4 Å². The molecular formula is C39H45ClN10O4. The van der Waals surface area contributed by atoms with Crippen LogP contribution in [-0.2, 0) is 9.47 Å². The maximum absolute atomic E-state index is 12.2.